The van der Waals surface area contributed by atoms with Crippen molar-refractivity contribution in [1.29, 1.82) is 10.5 Å². The summed E-state index contributed by atoms with van der Waals surface area (Å²) in [5.41, 5.74) is 0. The first-order valence-corrected chi connectivity index (χ1v) is 7.25. The van der Waals surface area contributed by atoms with Gasteiger partial charge in [-0.1, -0.05) is 0 Å². The Morgan fingerprint density at radius 1 is 0.941 bits per heavy atom. The summed E-state index contributed by atoms with van der Waals surface area (Å²) in [4.78, 5) is 0. The molecular weight excluding hydrogens is 295 g/mol. The second-order valence-corrected chi connectivity index (χ2v) is 6.73. The molecule has 0 bridgehead atoms. The monoisotopic (exact) mass is 304 g/mol. The molecular formula is C12H10N2O2Zr. The van der Waals surface area contributed by atoms with E-state index in [1.165, 1.54) is 12.8 Å². The molecule has 0 saturated heterocycles. The zero-order valence-corrected chi connectivity index (χ0v) is 11.5. The van der Waals surface area contributed by atoms with Crippen molar-refractivity contribution >= 4 is 0 Å². The number of nitriles is 2. The van der Waals surface area contributed by atoms with Crippen LogP contribution in [-0.2, 0) is 23.2 Å². The summed E-state index contributed by atoms with van der Waals surface area (Å²) in [5, 5.41) is 30.0. The van der Waals surface area contributed by atoms with Crippen molar-refractivity contribution in [3.05, 3.63) is 43.0 Å². The van der Waals surface area contributed by atoms with Crippen LogP contribution in [0.4, 0.5) is 0 Å². The molecule has 0 radical (unpaired) electrons. The molecule has 0 spiro atoms. The van der Waals surface area contributed by atoms with Crippen LogP contribution in [0.15, 0.2) is 43.0 Å². The Hall–Kier alpha value is -1.58. The number of hydrogen-bond acceptors (Lipinski definition) is 4. The minimum absolute atomic E-state index is 0.312. The largest absolute Gasteiger partial charge is 0.812 e. The zero-order chi connectivity index (χ0) is 12.9. The Balaban J connectivity index is 0.000000366. The summed E-state index contributed by atoms with van der Waals surface area (Å²) in [7, 11) is 0. The summed E-state index contributed by atoms with van der Waals surface area (Å²) in [6.07, 6.45) is 17.0. The van der Waals surface area contributed by atoms with E-state index in [2.05, 4.69) is 36.5 Å². The van der Waals surface area contributed by atoms with Gasteiger partial charge in [-0.15, -0.1) is 0 Å². The molecule has 0 aromatic rings. The molecule has 0 aromatic heterocycles. The predicted octanol–water partition coefficient (Wildman–Crippen LogP) is 0.412. The van der Waals surface area contributed by atoms with Gasteiger partial charge in [-0.2, -0.15) is 0 Å². The molecule has 0 N–H and O–H groups in total. The van der Waals surface area contributed by atoms with E-state index in [0.717, 1.165) is 0 Å². The first-order valence-electron chi connectivity index (χ1n) is 4.79. The molecule has 0 aliphatic heterocycles. The van der Waals surface area contributed by atoms with Crippen molar-refractivity contribution in [2.45, 2.75) is 12.8 Å². The van der Waals surface area contributed by atoms with Crippen LogP contribution in [0.5, 0.6) is 0 Å². The van der Waals surface area contributed by atoms with E-state index in [1.807, 2.05) is 0 Å². The van der Waals surface area contributed by atoms with Gasteiger partial charge in [0, 0.05) is 12.5 Å². The maximum absolute atomic E-state index is 8.24. The smallest absolute Gasteiger partial charge is 0.0199 e. The van der Waals surface area contributed by atoms with Crippen molar-refractivity contribution in [2.75, 3.05) is 0 Å². The van der Waals surface area contributed by atoms with Crippen molar-refractivity contribution in [3.8, 4) is 12.5 Å². The molecule has 0 fully saturated rings. The first kappa shape index (κ1) is 15.4. The van der Waals surface area contributed by atoms with E-state index < -0.39 is 0 Å². The Labute approximate surface area is 112 Å². The van der Waals surface area contributed by atoms with E-state index in [1.54, 1.807) is 6.56 Å². The second kappa shape index (κ2) is 10.9. The SMILES string of the molecule is C1=CC[C]([Zr+2][C]2=CC=CC2)=C1.N#C[O-].N#C[O-]. The molecule has 0 amide bonds. The summed E-state index contributed by atoms with van der Waals surface area (Å²) in [6.45, 7) is 0. The van der Waals surface area contributed by atoms with Crippen molar-refractivity contribution in [2.24, 2.45) is 0 Å². The van der Waals surface area contributed by atoms with E-state index in [-0.39, 0.29) is 23.2 Å². The topological polar surface area (TPSA) is 93.7 Å². The van der Waals surface area contributed by atoms with Gasteiger partial charge in [-0.3, -0.25) is 0 Å². The molecule has 0 aromatic carbocycles. The van der Waals surface area contributed by atoms with Crippen molar-refractivity contribution in [3.63, 3.8) is 0 Å². The van der Waals surface area contributed by atoms with E-state index in [9.17, 15) is 0 Å². The van der Waals surface area contributed by atoms with Gasteiger partial charge >= 0.3 is 79.1 Å². The van der Waals surface area contributed by atoms with E-state index >= 15 is 0 Å². The van der Waals surface area contributed by atoms with Crippen molar-refractivity contribution in [1.82, 2.24) is 0 Å². The fraction of sp³-hybridized carbons (Fsp3) is 0.167. The van der Waals surface area contributed by atoms with Gasteiger partial charge in [-0.25, -0.2) is 10.5 Å². The molecule has 84 valence electrons. The molecule has 4 nitrogen and oxygen atoms in total. The van der Waals surface area contributed by atoms with Gasteiger partial charge in [0.15, 0.2) is 0 Å². The van der Waals surface area contributed by atoms with Crippen LogP contribution in [0.2, 0.25) is 0 Å². The first-order chi connectivity index (χ1) is 8.28. The fourth-order valence-corrected chi connectivity index (χ4v) is 4.26. The Morgan fingerprint density at radius 3 is 1.53 bits per heavy atom. The quantitative estimate of drug-likeness (QED) is 0.691. The standard InChI is InChI=1S/2C5H5.2CHNO.Zr/c2*1-2-4-5-3-1;2*2-1-3;/h2*1-3H,4H2;2*3H;/q;;;;+2/p-2. The Morgan fingerprint density at radius 2 is 1.29 bits per heavy atom. The summed E-state index contributed by atoms with van der Waals surface area (Å²) < 4.78 is 3.45. The molecule has 5 heteroatoms. The predicted molar refractivity (Wildman–Crippen MR) is 54.9 cm³/mol. The van der Waals surface area contributed by atoms with Gasteiger partial charge in [-0.05, 0) is 0 Å². The van der Waals surface area contributed by atoms with Crippen LogP contribution in [0, 0.1) is 23.0 Å². The molecule has 0 saturated carbocycles. The third-order valence-electron chi connectivity index (χ3n) is 1.86. The van der Waals surface area contributed by atoms with Crippen LogP contribution < -0.4 is 10.2 Å². The van der Waals surface area contributed by atoms with Crippen LogP contribution in [0.3, 0.4) is 0 Å². The van der Waals surface area contributed by atoms with Gasteiger partial charge in [0.05, 0.1) is 0 Å². The van der Waals surface area contributed by atoms with E-state index in [4.69, 9.17) is 20.7 Å². The van der Waals surface area contributed by atoms with E-state index in [0.29, 0.717) is 12.5 Å². The molecule has 0 atom stereocenters. The van der Waals surface area contributed by atoms with Crippen molar-refractivity contribution < 1.29 is 33.4 Å². The number of rotatable bonds is 2. The van der Waals surface area contributed by atoms with Crippen LogP contribution in [0.25, 0.3) is 0 Å². The normalized spacial score (nSPS) is 13.8. The molecule has 17 heavy (non-hydrogen) atoms. The minimum Gasteiger partial charge on any atom is -0.812 e. The molecule has 2 rings (SSSR count). The zero-order valence-electron chi connectivity index (χ0n) is 9.09. The van der Waals surface area contributed by atoms with Gasteiger partial charge in [0.25, 0.3) is 0 Å². The number of nitrogens with zero attached hydrogens (tertiary/aromatic N) is 2. The molecule has 0 unspecified atom stereocenters. The average Bonchev–Trinajstić information content (AvgIpc) is 2.94. The maximum Gasteiger partial charge on any atom is 0.0199 e. The average molecular weight is 305 g/mol. The van der Waals surface area contributed by atoms with Crippen LogP contribution >= 0.6 is 0 Å². The Bertz CT molecular complexity index is 383. The molecule has 2 aliphatic rings. The summed E-state index contributed by atoms with van der Waals surface area (Å²) >= 11 is -0.312. The van der Waals surface area contributed by atoms with Crippen LogP contribution in [-0.4, -0.2) is 0 Å². The van der Waals surface area contributed by atoms with Gasteiger partial charge < -0.3 is 10.2 Å². The fourth-order valence-electron chi connectivity index (χ4n) is 1.29. The number of hydrogen-bond donors (Lipinski definition) is 0. The van der Waals surface area contributed by atoms with Gasteiger partial charge in [0.2, 0.25) is 0 Å². The Kier molecular flexibility index (Phi) is 9.91. The van der Waals surface area contributed by atoms with Gasteiger partial charge in [0.1, 0.15) is 0 Å². The number of allylic oxidation sites excluding steroid dienone is 8. The summed E-state index contributed by atoms with van der Waals surface area (Å²) in [5.74, 6) is 0. The molecule has 2 aliphatic carbocycles. The third kappa shape index (κ3) is 8.25. The summed E-state index contributed by atoms with van der Waals surface area (Å²) in [6, 6.07) is 0. The minimum atomic E-state index is -0.312. The second-order valence-electron chi connectivity index (χ2n) is 2.96. The third-order valence-corrected chi connectivity index (χ3v) is 5.27. The molecule has 0 heterocycles. The van der Waals surface area contributed by atoms with Crippen LogP contribution in [0.1, 0.15) is 12.8 Å². The maximum atomic E-state index is 8.24.